The minimum absolute atomic E-state index is 0.0767. The fourth-order valence-electron chi connectivity index (χ4n) is 1.75. The summed E-state index contributed by atoms with van der Waals surface area (Å²) in [6.07, 6.45) is -1.22. The van der Waals surface area contributed by atoms with Crippen molar-refractivity contribution in [1.82, 2.24) is 5.32 Å². The molecule has 1 rings (SSSR count). The molecule has 0 heterocycles. The molecule has 1 unspecified atom stereocenters. The Morgan fingerprint density at radius 2 is 1.89 bits per heavy atom. The number of hydrogen-bond acceptors (Lipinski definition) is 3. The van der Waals surface area contributed by atoms with Crippen molar-refractivity contribution in [3.8, 4) is 5.75 Å². The molecule has 0 aromatic heterocycles. The van der Waals surface area contributed by atoms with Gasteiger partial charge in [0.25, 0.3) is 5.91 Å². The second-order valence-electron chi connectivity index (χ2n) is 5.14. The molecule has 0 aliphatic rings. The van der Waals surface area contributed by atoms with Crippen LogP contribution >= 0.6 is 0 Å². The molecule has 4 heteroatoms. The number of rotatable bonds is 5. The molecule has 0 aliphatic heterocycles. The van der Waals surface area contributed by atoms with Crippen LogP contribution < -0.4 is 10.1 Å². The van der Waals surface area contributed by atoms with Crippen LogP contribution in [0.1, 0.15) is 44.9 Å². The van der Waals surface area contributed by atoms with Crippen LogP contribution in [0.25, 0.3) is 0 Å². The lowest BCUT2D eigenvalue weighted by molar-refractivity contribution is -0.127. The van der Waals surface area contributed by atoms with E-state index in [2.05, 4.69) is 5.32 Å². The maximum atomic E-state index is 11.8. The highest BCUT2D eigenvalue weighted by Crippen LogP contribution is 2.27. The first-order chi connectivity index (χ1) is 8.81. The van der Waals surface area contributed by atoms with E-state index in [0.29, 0.717) is 11.3 Å². The van der Waals surface area contributed by atoms with E-state index in [4.69, 9.17) is 4.74 Å². The lowest BCUT2D eigenvalue weighted by Crippen LogP contribution is -2.40. The fraction of sp³-hybridized carbons (Fsp3) is 0.533. The van der Waals surface area contributed by atoms with Crippen LogP contribution in [0, 0.1) is 6.92 Å². The number of ether oxygens (including phenoxy) is 1. The molecule has 0 aliphatic carbocycles. The molecular weight excluding hydrogens is 242 g/mol. The quantitative estimate of drug-likeness (QED) is 0.859. The van der Waals surface area contributed by atoms with Crippen LogP contribution in [0.3, 0.4) is 0 Å². The highest BCUT2D eigenvalue weighted by Gasteiger charge is 2.18. The monoisotopic (exact) mass is 265 g/mol. The van der Waals surface area contributed by atoms with Gasteiger partial charge in [-0.1, -0.05) is 11.6 Å². The lowest BCUT2D eigenvalue weighted by atomic mass is 10.1. The zero-order valence-electron chi connectivity index (χ0n) is 12.2. The first kappa shape index (κ1) is 15.5. The largest absolute Gasteiger partial charge is 0.481 e. The van der Waals surface area contributed by atoms with Crippen molar-refractivity contribution in [2.75, 3.05) is 0 Å². The molecule has 0 spiro atoms. The molecule has 2 N–H and O–H groups in total. The minimum atomic E-state index is -0.629. The maximum absolute atomic E-state index is 11.8. The van der Waals surface area contributed by atoms with Crippen molar-refractivity contribution >= 4 is 5.91 Å². The van der Waals surface area contributed by atoms with E-state index < -0.39 is 12.2 Å². The van der Waals surface area contributed by atoms with Gasteiger partial charge >= 0.3 is 0 Å². The topological polar surface area (TPSA) is 58.6 Å². The number of benzene rings is 1. The molecule has 19 heavy (non-hydrogen) atoms. The maximum Gasteiger partial charge on any atom is 0.260 e. The normalized spacial score (nSPS) is 14.1. The zero-order chi connectivity index (χ0) is 14.6. The Morgan fingerprint density at radius 3 is 2.42 bits per heavy atom. The smallest absolute Gasteiger partial charge is 0.260 e. The molecule has 1 amide bonds. The molecule has 0 saturated heterocycles. The van der Waals surface area contributed by atoms with Crippen LogP contribution in [-0.2, 0) is 4.79 Å². The van der Waals surface area contributed by atoms with Crippen molar-refractivity contribution in [3.05, 3.63) is 29.3 Å². The average Bonchev–Trinajstić information content (AvgIpc) is 2.30. The third kappa shape index (κ3) is 4.56. The van der Waals surface area contributed by atoms with Gasteiger partial charge in [-0.3, -0.25) is 4.79 Å². The molecule has 0 radical (unpaired) electrons. The molecule has 0 fully saturated rings. The van der Waals surface area contributed by atoms with E-state index in [-0.39, 0.29) is 11.9 Å². The van der Waals surface area contributed by atoms with Gasteiger partial charge in [-0.05, 0) is 46.8 Å². The number of carbonyl (C=O) groups excluding carboxylic acids is 1. The summed E-state index contributed by atoms with van der Waals surface area (Å²) in [6.45, 7) is 9.13. The third-order valence-electron chi connectivity index (χ3n) is 2.72. The third-order valence-corrected chi connectivity index (χ3v) is 2.72. The molecule has 106 valence electrons. The number of amides is 1. The van der Waals surface area contributed by atoms with Crippen molar-refractivity contribution < 1.29 is 14.6 Å². The van der Waals surface area contributed by atoms with Gasteiger partial charge in [0.05, 0.1) is 6.10 Å². The first-order valence-electron chi connectivity index (χ1n) is 6.57. The number of aliphatic hydroxyl groups is 1. The fourth-order valence-corrected chi connectivity index (χ4v) is 1.75. The van der Waals surface area contributed by atoms with E-state index in [9.17, 15) is 9.90 Å². The van der Waals surface area contributed by atoms with Gasteiger partial charge in [-0.15, -0.1) is 0 Å². The van der Waals surface area contributed by atoms with Crippen molar-refractivity contribution in [2.24, 2.45) is 0 Å². The van der Waals surface area contributed by atoms with Crippen molar-refractivity contribution in [3.63, 3.8) is 0 Å². The standard InChI is InChI=1S/C15H23NO3/c1-9(2)16-15(18)12(5)19-14-7-6-10(3)8-13(14)11(4)17/h6-9,11-12,17H,1-5H3,(H,16,18)/t11-,12?/m0/s1. The van der Waals surface area contributed by atoms with Gasteiger partial charge in [0.2, 0.25) is 0 Å². The molecule has 4 nitrogen and oxygen atoms in total. The summed E-state index contributed by atoms with van der Waals surface area (Å²) in [7, 11) is 0. The number of nitrogens with one attached hydrogen (secondary N) is 1. The van der Waals surface area contributed by atoms with Crippen LogP contribution in [-0.4, -0.2) is 23.2 Å². The summed E-state index contributed by atoms with van der Waals surface area (Å²) >= 11 is 0. The highest BCUT2D eigenvalue weighted by molar-refractivity contribution is 5.80. The van der Waals surface area contributed by atoms with Gasteiger partial charge in [-0.2, -0.15) is 0 Å². The Bertz CT molecular complexity index is 441. The highest BCUT2D eigenvalue weighted by atomic mass is 16.5. The van der Waals surface area contributed by atoms with E-state index in [1.54, 1.807) is 19.9 Å². The predicted octanol–water partition coefficient (Wildman–Crippen LogP) is 2.34. The summed E-state index contributed by atoms with van der Waals surface area (Å²) in [5, 5.41) is 12.5. The first-order valence-corrected chi connectivity index (χ1v) is 6.57. The second-order valence-corrected chi connectivity index (χ2v) is 5.14. The summed E-state index contributed by atoms with van der Waals surface area (Å²) < 4.78 is 5.65. The molecular formula is C15H23NO3. The summed E-state index contributed by atoms with van der Waals surface area (Å²) in [5.41, 5.74) is 1.74. The van der Waals surface area contributed by atoms with E-state index in [0.717, 1.165) is 5.56 Å². The Kier molecular flexibility index (Phi) is 5.36. The van der Waals surface area contributed by atoms with Crippen molar-refractivity contribution in [1.29, 1.82) is 0 Å². The number of carbonyl (C=O) groups is 1. The molecule has 2 atom stereocenters. The van der Waals surface area contributed by atoms with Crippen LogP contribution in [0.4, 0.5) is 0 Å². The Morgan fingerprint density at radius 1 is 1.26 bits per heavy atom. The number of hydrogen-bond donors (Lipinski definition) is 2. The van der Waals surface area contributed by atoms with Gasteiger partial charge in [-0.25, -0.2) is 0 Å². The molecule has 0 saturated carbocycles. The summed E-state index contributed by atoms with van der Waals surface area (Å²) in [4.78, 5) is 11.8. The lowest BCUT2D eigenvalue weighted by Gasteiger charge is -2.19. The SMILES string of the molecule is Cc1ccc(OC(C)C(=O)NC(C)C)c([C@H](C)O)c1. The Labute approximate surface area is 114 Å². The number of aryl methyl sites for hydroxylation is 1. The molecule has 1 aromatic rings. The second kappa shape index (κ2) is 6.57. The Hall–Kier alpha value is -1.55. The number of aliphatic hydroxyl groups excluding tert-OH is 1. The van der Waals surface area contributed by atoms with Crippen LogP contribution in [0.15, 0.2) is 18.2 Å². The van der Waals surface area contributed by atoms with E-state index >= 15 is 0 Å². The van der Waals surface area contributed by atoms with Gasteiger partial charge in [0.1, 0.15) is 5.75 Å². The van der Waals surface area contributed by atoms with E-state index in [1.165, 1.54) is 0 Å². The molecule has 1 aromatic carbocycles. The van der Waals surface area contributed by atoms with Crippen LogP contribution in [0.2, 0.25) is 0 Å². The van der Waals surface area contributed by atoms with Crippen LogP contribution in [0.5, 0.6) is 5.75 Å². The van der Waals surface area contributed by atoms with Gasteiger partial charge in [0.15, 0.2) is 6.10 Å². The predicted molar refractivity (Wildman–Crippen MR) is 75.2 cm³/mol. The van der Waals surface area contributed by atoms with Crippen molar-refractivity contribution in [2.45, 2.75) is 52.9 Å². The summed E-state index contributed by atoms with van der Waals surface area (Å²) in [6, 6.07) is 5.63. The van der Waals surface area contributed by atoms with E-state index in [1.807, 2.05) is 32.9 Å². The molecule has 0 bridgehead atoms. The Balaban J connectivity index is 2.84. The summed E-state index contributed by atoms with van der Waals surface area (Å²) in [5.74, 6) is 0.388. The van der Waals surface area contributed by atoms with Gasteiger partial charge < -0.3 is 15.2 Å². The van der Waals surface area contributed by atoms with Gasteiger partial charge in [0, 0.05) is 11.6 Å². The zero-order valence-corrected chi connectivity index (χ0v) is 12.2. The average molecular weight is 265 g/mol. The minimum Gasteiger partial charge on any atom is -0.481 e.